The first-order chi connectivity index (χ1) is 7.61. The number of carbonyl (C=O) groups excluding carboxylic acids is 1. The lowest BCUT2D eigenvalue weighted by atomic mass is 9.91. The molecule has 1 aliphatic rings. The highest BCUT2D eigenvalue weighted by atomic mass is 16.2. The molecule has 16 heavy (non-hydrogen) atoms. The second-order valence-electron chi connectivity index (χ2n) is 4.96. The minimum absolute atomic E-state index is 0.0369. The number of benzene rings is 1. The van der Waals surface area contributed by atoms with Gasteiger partial charge in [-0.15, -0.1) is 0 Å². The first-order valence-electron chi connectivity index (χ1n) is 6.00. The third-order valence-corrected chi connectivity index (χ3v) is 3.37. The third-order valence-electron chi connectivity index (χ3n) is 3.37. The van der Waals surface area contributed by atoms with Crippen molar-refractivity contribution in [3.8, 4) is 0 Å². The molecule has 0 bridgehead atoms. The summed E-state index contributed by atoms with van der Waals surface area (Å²) in [5.41, 5.74) is 2.64. The van der Waals surface area contributed by atoms with Gasteiger partial charge in [0, 0.05) is 12.0 Å². The van der Waals surface area contributed by atoms with Crippen LogP contribution in [0.5, 0.6) is 0 Å². The Bertz CT molecular complexity index is 382. The Labute approximate surface area is 97.1 Å². The summed E-state index contributed by atoms with van der Waals surface area (Å²) in [5.74, 6) is 0.188. The van der Waals surface area contributed by atoms with Gasteiger partial charge in [0.25, 0.3) is 0 Å². The molecule has 1 fully saturated rings. The lowest BCUT2D eigenvalue weighted by Crippen LogP contribution is -2.40. The molecule has 1 unspecified atom stereocenters. The zero-order valence-corrected chi connectivity index (χ0v) is 10.0. The van der Waals surface area contributed by atoms with Crippen LogP contribution < -0.4 is 5.32 Å². The quantitative estimate of drug-likeness (QED) is 0.828. The fourth-order valence-corrected chi connectivity index (χ4v) is 2.33. The van der Waals surface area contributed by atoms with Crippen molar-refractivity contribution in [2.75, 3.05) is 0 Å². The van der Waals surface area contributed by atoms with Gasteiger partial charge in [-0.1, -0.05) is 31.2 Å². The topological polar surface area (TPSA) is 29.1 Å². The zero-order valence-electron chi connectivity index (χ0n) is 10.0. The van der Waals surface area contributed by atoms with E-state index in [4.69, 9.17) is 0 Å². The maximum absolute atomic E-state index is 11.2. The van der Waals surface area contributed by atoms with Crippen LogP contribution >= 0.6 is 0 Å². The molecule has 1 aromatic rings. The van der Waals surface area contributed by atoms with Gasteiger partial charge >= 0.3 is 0 Å². The van der Waals surface area contributed by atoms with Crippen LogP contribution in [0.1, 0.15) is 37.8 Å². The van der Waals surface area contributed by atoms with E-state index in [-0.39, 0.29) is 11.4 Å². The number of hydrogen-bond acceptors (Lipinski definition) is 1. The monoisotopic (exact) mass is 217 g/mol. The lowest BCUT2D eigenvalue weighted by Gasteiger charge is -2.24. The molecule has 0 saturated carbocycles. The van der Waals surface area contributed by atoms with Gasteiger partial charge in [0.15, 0.2) is 0 Å². The molecule has 2 nitrogen and oxygen atoms in total. The van der Waals surface area contributed by atoms with Crippen LogP contribution in [-0.4, -0.2) is 11.4 Å². The average Bonchev–Trinajstić information content (AvgIpc) is 2.59. The van der Waals surface area contributed by atoms with Gasteiger partial charge in [-0.05, 0) is 37.3 Å². The van der Waals surface area contributed by atoms with Crippen molar-refractivity contribution in [1.29, 1.82) is 0 Å². The molecular weight excluding hydrogens is 198 g/mol. The summed E-state index contributed by atoms with van der Waals surface area (Å²) in [6.45, 7) is 4.29. The molecule has 1 amide bonds. The van der Waals surface area contributed by atoms with Crippen molar-refractivity contribution >= 4 is 5.91 Å². The van der Waals surface area contributed by atoms with Crippen molar-refractivity contribution in [3.05, 3.63) is 35.4 Å². The van der Waals surface area contributed by atoms with Crippen molar-refractivity contribution in [2.24, 2.45) is 0 Å². The maximum atomic E-state index is 11.2. The summed E-state index contributed by atoms with van der Waals surface area (Å²) in [6.07, 6.45) is 3.63. The molecule has 0 aromatic heterocycles. The van der Waals surface area contributed by atoms with E-state index >= 15 is 0 Å². The molecule has 0 aliphatic carbocycles. The Kier molecular flexibility index (Phi) is 2.99. The van der Waals surface area contributed by atoms with Crippen LogP contribution in [0.25, 0.3) is 0 Å². The fraction of sp³-hybridized carbons (Fsp3) is 0.500. The third kappa shape index (κ3) is 2.43. The summed E-state index contributed by atoms with van der Waals surface area (Å²) in [4.78, 5) is 11.2. The predicted octanol–water partition coefficient (Wildman–Crippen LogP) is 2.46. The first-order valence-corrected chi connectivity index (χ1v) is 6.00. The minimum atomic E-state index is -0.0369. The van der Waals surface area contributed by atoms with Gasteiger partial charge in [0.1, 0.15) is 0 Å². The normalized spacial score (nSPS) is 24.5. The van der Waals surface area contributed by atoms with Gasteiger partial charge in [0.2, 0.25) is 5.91 Å². The van der Waals surface area contributed by atoms with Gasteiger partial charge in [-0.3, -0.25) is 4.79 Å². The molecule has 1 saturated heterocycles. The molecule has 1 heterocycles. The molecule has 2 heteroatoms. The van der Waals surface area contributed by atoms with E-state index in [1.165, 1.54) is 11.1 Å². The minimum Gasteiger partial charge on any atom is -0.351 e. The van der Waals surface area contributed by atoms with Crippen molar-refractivity contribution in [1.82, 2.24) is 5.32 Å². The van der Waals surface area contributed by atoms with E-state index in [2.05, 4.69) is 43.4 Å². The highest BCUT2D eigenvalue weighted by Crippen LogP contribution is 2.24. The number of aryl methyl sites for hydroxylation is 1. The average molecular weight is 217 g/mol. The standard InChI is InChI=1S/C14H19NO/c1-3-11-4-6-12(7-5-11)10-14(2)9-8-13(16)15-14/h4-7H,3,8-10H2,1-2H3,(H,15,16). The van der Waals surface area contributed by atoms with Crippen molar-refractivity contribution in [3.63, 3.8) is 0 Å². The number of rotatable bonds is 3. The second-order valence-corrected chi connectivity index (χ2v) is 4.96. The van der Waals surface area contributed by atoms with Gasteiger partial charge in [-0.25, -0.2) is 0 Å². The van der Waals surface area contributed by atoms with Crippen LogP contribution in [0, 0.1) is 0 Å². The molecule has 86 valence electrons. The largest absolute Gasteiger partial charge is 0.351 e. The highest BCUT2D eigenvalue weighted by molar-refractivity contribution is 5.79. The summed E-state index contributed by atoms with van der Waals surface area (Å²) in [6, 6.07) is 8.70. The van der Waals surface area contributed by atoms with Crippen molar-refractivity contribution < 1.29 is 4.79 Å². The molecule has 2 rings (SSSR count). The summed E-state index contributed by atoms with van der Waals surface area (Å²) in [5, 5.41) is 3.07. The summed E-state index contributed by atoms with van der Waals surface area (Å²) in [7, 11) is 0. The number of amides is 1. The molecular formula is C14H19NO. The fourth-order valence-electron chi connectivity index (χ4n) is 2.33. The number of hydrogen-bond donors (Lipinski definition) is 1. The Balaban J connectivity index is 2.06. The Morgan fingerprint density at radius 3 is 2.38 bits per heavy atom. The Morgan fingerprint density at radius 2 is 1.88 bits per heavy atom. The van der Waals surface area contributed by atoms with Gasteiger partial charge in [0.05, 0.1) is 0 Å². The SMILES string of the molecule is CCc1ccc(CC2(C)CCC(=O)N2)cc1. The molecule has 1 atom stereocenters. The van der Waals surface area contributed by atoms with E-state index < -0.39 is 0 Å². The molecule has 1 N–H and O–H groups in total. The highest BCUT2D eigenvalue weighted by Gasteiger charge is 2.32. The van der Waals surface area contributed by atoms with Gasteiger partial charge in [-0.2, -0.15) is 0 Å². The van der Waals surface area contributed by atoms with E-state index in [9.17, 15) is 4.79 Å². The van der Waals surface area contributed by atoms with Crippen LogP contribution in [0.2, 0.25) is 0 Å². The van der Waals surface area contributed by atoms with Crippen LogP contribution in [0.3, 0.4) is 0 Å². The Hall–Kier alpha value is -1.31. The summed E-state index contributed by atoms with van der Waals surface area (Å²) >= 11 is 0. The second kappa shape index (κ2) is 4.28. The Morgan fingerprint density at radius 1 is 1.25 bits per heavy atom. The van der Waals surface area contributed by atoms with E-state index in [0.717, 1.165) is 19.3 Å². The molecule has 1 aromatic carbocycles. The first kappa shape index (κ1) is 11.2. The lowest BCUT2D eigenvalue weighted by molar-refractivity contribution is -0.119. The van der Waals surface area contributed by atoms with Crippen LogP contribution in [0.15, 0.2) is 24.3 Å². The molecule has 0 radical (unpaired) electrons. The van der Waals surface area contributed by atoms with E-state index in [0.29, 0.717) is 6.42 Å². The van der Waals surface area contributed by atoms with Crippen molar-refractivity contribution in [2.45, 2.75) is 45.1 Å². The van der Waals surface area contributed by atoms with Crippen LogP contribution in [-0.2, 0) is 17.6 Å². The zero-order chi connectivity index (χ0) is 11.6. The summed E-state index contributed by atoms with van der Waals surface area (Å²) < 4.78 is 0. The molecule has 1 aliphatic heterocycles. The predicted molar refractivity (Wildman–Crippen MR) is 65.3 cm³/mol. The number of carbonyl (C=O) groups is 1. The molecule has 0 spiro atoms. The van der Waals surface area contributed by atoms with E-state index in [1.54, 1.807) is 0 Å². The van der Waals surface area contributed by atoms with E-state index in [1.807, 2.05) is 0 Å². The van der Waals surface area contributed by atoms with Gasteiger partial charge < -0.3 is 5.32 Å². The number of nitrogens with one attached hydrogen (secondary N) is 1. The maximum Gasteiger partial charge on any atom is 0.220 e. The van der Waals surface area contributed by atoms with Crippen LogP contribution in [0.4, 0.5) is 0 Å². The smallest absolute Gasteiger partial charge is 0.220 e.